The van der Waals surface area contributed by atoms with Crippen molar-refractivity contribution in [1.82, 2.24) is 10.1 Å². The van der Waals surface area contributed by atoms with Crippen molar-refractivity contribution in [3.63, 3.8) is 0 Å². The van der Waals surface area contributed by atoms with Crippen molar-refractivity contribution in [3.05, 3.63) is 17.5 Å². The Balaban J connectivity index is 1.92. The molecule has 5 heteroatoms. The van der Waals surface area contributed by atoms with E-state index in [4.69, 9.17) is 10.3 Å². The number of rotatable bonds is 5. The molecule has 0 spiro atoms. The number of amides is 1. The lowest BCUT2D eigenvalue weighted by molar-refractivity contribution is -0.133. The van der Waals surface area contributed by atoms with E-state index in [1.165, 1.54) is 19.3 Å². The van der Waals surface area contributed by atoms with Crippen LogP contribution in [0.15, 0.2) is 10.6 Å². The SMILES string of the molecule is Cc1cc(CN(C)C(=O)CC2(CN)CCCCC2)no1. The topological polar surface area (TPSA) is 72.4 Å². The third-order valence-corrected chi connectivity index (χ3v) is 4.38. The summed E-state index contributed by atoms with van der Waals surface area (Å²) in [6, 6.07) is 1.86. The second kappa shape index (κ2) is 6.39. The molecule has 0 radical (unpaired) electrons. The molecule has 1 saturated carbocycles. The molecule has 1 aromatic rings. The number of nitrogens with two attached hydrogens (primary N) is 1. The molecule has 0 aromatic carbocycles. The lowest BCUT2D eigenvalue weighted by Crippen LogP contribution is -2.39. The molecular formula is C15H25N3O2. The molecule has 112 valence electrons. The van der Waals surface area contributed by atoms with Gasteiger partial charge in [-0.3, -0.25) is 4.79 Å². The first-order chi connectivity index (χ1) is 9.54. The molecule has 2 N–H and O–H groups in total. The van der Waals surface area contributed by atoms with Crippen LogP contribution in [0.2, 0.25) is 0 Å². The number of carbonyl (C=O) groups excluding carboxylic acids is 1. The Bertz CT molecular complexity index is 450. The van der Waals surface area contributed by atoms with E-state index in [0.29, 0.717) is 19.5 Å². The molecule has 0 bridgehead atoms. The predicted molar refractivity (Wildman–Crippen MR) is 76.9 cm³/mol. The molecule has 2 rings (SSSR count). The van der Waals surface area contributed by atoms with Crippen molar-refractivity contribution in [2.75, 3.05) is 13.6 Å². The maximum Gasteiger partial charge on any atom is 0.223 e. The van der Waals surface area contributed by atoms with Gasteiger partial charge in [0.1, 0.15) is 11.5 Å². The average Bonchev–Trinajstić information content (AvgIpc) is 2.85. The van der Waals surface area contributed by atoms with E-state index in [9.17, 15) is 4.79 Å². The summed E-state index contributed by atoms with van der Waals surface area (Å²) in [5, 5.41) is 3.93. The van der Waals surface area contributed by atoms with Crippen LogP contribution in [0.3, 0.4) is 0 Å². The molecule has 1 fully saturated rings. The van der Waals surface area contributed by atoms with Gasteiger partial charge in [0.2, 0.25) is 5.91 Å². The van der Waals surface area contributed by atoms with Crippen molar-refractivity contribution in [3.8, 4) is 0 Å². The lowest BCUT2D eigenvalue weighted by atomic mass is 9.71. The Kier molecular flexibility index (Phi) is 4.81. The summed E-state index contributed by atoms with van der Waals surface area (Å²) in [5.74, 6) is 0.921. The van der Waals surface area contributed by atoms with E-state index >= 15 is 0 Å². The van der Waals surface area contributed by atoms with Crippen LogP contribution in [0.25, 0.3) is 0 Å². The monoisotopic (exact) mass is 279 g/mol. The fourth-order valence-corrected chi connectivity index (χ4v) is 3.03. The molecule has 1 amide bonds. The zero-order chi connectivity index (χ0) is 14.6. The Morgan fingerprint density at radius 1 is 1.45 bits per heavy atom. The van der Waals surface area contributed by atoms with Crippen molar-refractivity contribution in [2.24, 2.45) is 11.1 Å². The van der Waals surface area contributed by atoms with Gasteiger partial charge in [0, 0.05) is 19.5 Å². The van der Waals surface area contributed by atoms with Gasteiger partial charge < -0.3 is 15.2 Å². The molecule has 1 aromatic heterocycles. The molecular weight excluding hydrogens is 254 g/mol. The van der Waals surface area contributed by atoms with E-state index < -0.39 is 0 Å². The highest BCUT2D eigenvalue weighted by atomic mass is 16.5. The molecule has 0 atom stereocenters. The highest BCUT2D eigenvalue weighted by Crippen LogP contribution is 2.38. The van der Waals surface area contributed by atoms with Crippen LogP contribution < -0.4 is 5.73 Å². The molecule has 20 heavy (non-hydrogen) atoms. The first-order valence-electron chi connectivity index (χ1n) is 7.41. The van der Waals surface area contributed by atoms with Crippen molar-refractivity contribution in [1.29, 1.82) is 0 Å². The maximum atomic E-state index is 12.4. The van der Waals surface area contributed by atoms with Crippen LogP contribution in [0, 0.1) is 12.3 Å². The van der Waals surface area contributed by atoms with Crippen molar-refractivity contribution in [2.45, 2.75) is 52.0 Å². The summed E-state index contributed by atoms with van der Waals surface area (Å²) in [6.45, 7) is 2.95. The van der Waals surface area contributed by atoms with Crippen molar-refractivity contribution < 1.29 is 9.32 Å². The fraction of sp³-hybridized carbons (Fsp3) is 0.733. The number of hydrogen-bond donors (Lipinski definition) is 1. The third kappa shape index (κ3) is 3.60. The van der Waals surface area contributed by atoms with Crippen LogP contribution >= 0.6 is 0 Å². The van der Waals surface area contributed by atoms with Gasteiger partial charge in [0.25, 0.3) is 0 Å². The Labute approximate surface area is 120 Å². The molecule has 1 aliphatic carbocycles. The molecule has 0 aliphatic heterocycles. The summed E-state index contributed by atoms with van der Waals surface area (Å²) in [7, 11) is 1.82. The minimum atomic E-state index is 0.0172. The first-order valence-corrected chi connectivity index (χ1v) is 7.41. The van der Waals surface area contributed by atoms with E-state index in [-0.39, 0.29) is 11.3 Å². The minimum Gasteiger partial charge on any atom is -0.361 e. The normalized spacial score (nSPS) is 17.9. The smallest absolute Gasteiger partial charge is 0.223 e. The Morgan fingerprint density at radius 2 is 2.15 bits per heavy atom. The summed E-state index contributed by atoms with van der Waals surface area (Å²) >= 11 is 0. The quantitative estimate of drug-likeness (QED) is 0.897. The van der Waals surface area contributed by atoms with Gasteiger partial charge in [0.15, 0.2) is 0 Å². The van der Waals surface area contributed by atoms with Crippen LogP contribution in [0.1, 0.15) is 50.0 Å². The fourth-order valence-electron chi connectivity index (χ4n) is 3.03. The van der Waals surface area contributed by atoms with E-state index in [1.807, 2.05) is 20.0 Å². The van der Waals surface area contributed by atoms with Crippen LogP contribution in [-0.4, -0.2) is 29.6 Å². The van der Waals surface area contributed by atoms with E-state index in [2.05, 4.69) is 5.16 Å². The number of carbonyl (C=O) groups is 1. The summed E-state index contributed by atoms with van der Waals surface area (Å²) in [4.78, 5) is 14.1. The first kappa shape index (κ1) is 15.0. The van der Waals surface area contributed by atoms with Gasteiger partial charge >= 0.3 is 0 Å². The largest absolute Gasteiger partial charge is 0.361 e. The van der Waals surface area contributed by atoms with Gasteiger partial charge in [-0.25, -0.2) is 0 Å². The summed E-state index contributed by atoms with van der Waals surface area (Å²) in [6.07, 6.45) is 6.35. The second-order valence-corrected chi connectivity index (χ2v) is 6.12. The van der Waals surface area contributed by atoms with Gasteiger partial charge in [-0.15, -0.1) is 0 Å². The van der Waals surface area contributed by atoms with Gasteiger partial charge in [-0.2, -0.15) is 0 Å². The number of aryl methyl sites for hydroxylation is 1. The van der Waals surface area contributed by atoms with Crippen LogP contribution in [0.5, 0.6) is 0 Å². The Morgan fingerprint density at radius 3 is 2.70 bits per heavy atom. The Hall–Kier alpha value is -1.36. The van der Waals surface area contributed by atoms with Crippen molar-refractivity contribution >= 4 is 5.91 Å². The second-order valence-electron chi connectivity index (χ2n) is 6.12. The number of hydrogen-bond acceptors (Lipinski definition) is 4. The maximum absolute atomic E-state index is 12.4. The zero-order valence-electron chi connectivity index (χ0n) is 12.5. The molecule has 1 aliphatic rings. The third-order valence-electron chi connectivity index (χ3n) is 4.38. The van der Waals surface area contributed by atoms with Gasteiger partial charge in [-0.05, 0) is 31.7 Å². The summed E-state index contributed by atoms with van der Waals surface area (Å²) < 4.78 is 5.03. The lowest BCUT2D eigenvalue weighted by Gasteiger charge is -2.36. The van der Waals surface area contributed by atoms with E-state index in [0.717, 1.165) is 24.3 Å². The molecule has 0 unspecified atom stereocenters. The van der Waals surface area contributed by atoms with E-state index in [1.54, 1.807) is 4.90 Å². The van der Waals surface area contributed by atoms with Gasteiger partial charge in [-0.1, -0.05) is 24.4 Å². The molecule has 5 nitrogen and oxygen atoms in total. The van der Waals surface area contributed by atoms with Crippen LogP contribution in [0.4, 0.5) is 0 Å². The summed E-state index contributed by atoms with van der Waals surface area (Å²) in [5.41, 5.74) is 6.76. The molecule has 1 heterocycles. The highest BCUT2D eigenvalue weighted by Gasteiger charge is 2.33. The minimum absolute atomic E-state index is 0.0172. The average molecular weight is 279 g/mol. The predicted octanol–water partition coefficient (Wildman–Crippen LogP) is 2.24. The standard InChI is InChI=1S/C15H25N3O2/c1-12-8-13(17-20-12)10-18(2)14(19)9-15(11-16)6-4-3-5-7-15/h8H,3-7,9-11,16H2,1-2H3. The van der Waals surface area contributed by atoms with Gasteiger partial charge in [0.05, 0.1) is 6.54 Å². The highest BCUT2D eigenvalue weighted by molar-refractivity contribution is 5.76. The number of nitrogens with zero attached hydrogens (tertiary/aromatic N) is 2. The number of aromatic nitrogens is 1. The molecule has 0 saturated heterocycles. The zero-order valence-corrected chi connectivity index (χ0v) is 12.5. The van der Waals surface area contributed by atoms with Crippen LogP contribution in [-0.2, 0) is 11.3 Å².